The van der Waals surface area contributed by atoms with Crippen molar-refractivity contribution in [1.82, 2.24) is 4.90 Å². The maximum Gasteiger partial charge on any atom is 0.196 e. The molecule has 5 heteroatoms. The van der Waals surface area contributed by atoms with Crippen molar-refractivity contribution in [3.63, 3.8) is 0 Å². The topological polar surface area (TPSA) is 44.9 Å². The largest absolute Gasteiger partial charge is 0.369 e. The molecule has 1 saturated heterocycles. The molecular weight excluding hydrogens is 284 g/mol. The first-order chi connectivity index (χ1) is 10.1. The van der Waals surface area contributed by atoms with Crippen LogP contribution in [0.3, 0.4) is 0 Å². The van der Waals surface area contributed by atoms with Crippen LogP contribution in [0.4, 0.5) is 5.69 Å². The van der Waals surface area contributed by atoms with Crippen LogP contribution < -0.4 is 10.6 Å². The number of likely N-dealkylation sites (tertiary alicyclic amines) is 1. The smallest absolute Gasteiger partial charge is 0.196 e. The number of halogens is 1. The minimum absolute atomic E-state index is 0.0577. The Morgan fingerprint density at radius 2 is 1.90 bits per heavy atom. The summed E-state index contributed by atoms with van der Waals surface area (Å²) in [7, 11) is 0. The van der Waals surface area contributed by atoms with E-state index in [4.69, 9.17) is 17.3 Å². The Labute approximate surface area is 131 Å². The Balaban J connectivity index is 1.81. The summed E-state index contributed by atoms with van der Waals surface area (Å²) in [5.74, 6) is 0.640. The van der Waals surface area contributed by atoms with E-state index in [1.54, 1.807) is 0 Å². The summed E-state index contributed by atoms with van der Waals surface area (Å²) in [6.45, 7) is 6.48. The fourth-order valence-electron chi connectivity index (χ4n) is 3.50. The normalized spacial score (nSPS) is 21.8. The lowest BCUT2D eigenvalue weighted by atomic mass is 9.86. The van der Waals surface area contributed by atoms with Gasteiger partial charge in [-0.05, 0) is 50.1 Å². The van der Waals surface area contributed by atoms with E-state index in [1.807, 2.05) is 24.3 Å². The molecule has 114 valence electrons. The van der Waals surface area contributed by atoms with Crippen molar-refractivity contribution in [3.8, 4) is 0 Å². The summed E-state index contributed by atoms with van der Waals surface area (Å²) in [5.41, 5.74) is 7.33. The van der Waals surface area contributed by atoms with Gasteiger partial charge in [0.25, 0.3) is 0 Å². The molecule has 1 aromatic carbocycles. The molecule has 3 rings (SSSR count). The molecule has 0 unspecified atom stereocenters. The fraction of sp³-hybridized carbons (Fsp3) is 0.562. The lowest BCUT2D eigenvalue weighted by molar-refractivity contribution is 0.171. The first-order valence-corrected chi connectivity index (χ1v) is 8.10. The quantitative estimate of drug-likeness (QED) is 0.934. The molecule has 2 heterocycles. The second kappa shape index (κ2) is 5.85. The third kappa shape index (κ3) is 2.74. The third-order valence-corrected chi connectivity index (χ3v) is 4.90. The molecule has 1 fully saturated rings. The van der Waals surface area contributed by atoms with Crippen molar-refractivity contribution in [2.24, 2.45) is 10.7 Å². The molecule has 0 saturated carbocycles. The highest BCUT2D eigenvalue weighted by Gasteiger charge is 2.44. The van der Waals surface area contributed by atoms with Gasteiger partial charge in [-0.2, -0.15) is 0 Å². The van der Waals surface area contributed by atoms with E-state index in [0.29, 0.717) is 5.96 Å². The van der Waals surface area contributed by atoms with Crippen LogP contribution in [-0.2, 0) is 0 Å². The minimum atomic E-state index is 0.0577. The molecule has 21 heavy (non-hydrogen) atoms. The number of benzene rings is 1. The van der Waals surface area contributed by atoms with Crippen LogP contribution in [-0.4, -0.2) is 42.6 Å². The number of piperidine rings is 1. The second-order valence-electron chi connectivity index (χ2n) is 6.05. The average Bonchev–Trinajstić information content (AvgIpc) is 2.80. The standard InChI is InChI=1S/C16H23ClN4/c1-2-9-20-10-7-16(8-11-20)12-19-15(18)21(16)14-5-3-13(17)4-6-14/h3-6H,2,7-12H2,1H3,(H2,18,19). The first kappa shape index (κ1) is 14.7. The van der Waals surface area contributed by atoms with Gasteiger partial charge in [0, 0.05) is 23.8 Å². The van der Waals surface area contributed by atoms with Gasteiger partial charge in [-0.25, -0.2) is 0 Å². The number of rotatable bonds is 3. The Morgan fingerprint density at radius 3 is 2.52 bits per heavy atom. The van der Waals surface area contributed by atoms with Crippen molar-refractivity contribution in [2.75, 3.05) is 31.1 Å². The lowest BCUT2D eigenvalue weighted by Gasteiger charge is -2.45. The molecule has 0 aliphatic carbocycles. The first-order valence-electron chi connectivity index (χ1n) is 7.73. The van der Waals surface area contributed by atoms with E-state index in [9.17, 15) is 0 Å². The average molecular weight is 307 g/mol. The Bertz CT molecular complexity index is 518. The van der Waals surface area contributed by atoms with Gasteiger partial charge < -0.3 is 15.5 Å². The van der Waals surface area contributed by atoms with E-state index in [1.165, 1.54) is 13.0 Å². The van der Waals surface area contributed by atoms with Crippen molar-refractivity contribution in [3.05, 3.63) is 29.3 Å². The molecule has 0 amide bonds. The van der Waals surface area contributed by atoms with Crippen molar-refractivity contribution in [1.29, 1.82) is 0 Å². The van der Waals surface area contributed by atoms with Gasteiger partial charge in [0.1, 0.15) is 0 Å². The van der Waals surface area contributed by atoms with E-state index in [-0.39, 0.29) is 5.54 Å². The molecule has 0 bridgehead atoms. The molecule has 0 aromatic heterocycles. The highest BCUT2D eigenvalue weighted by Crippen LogP contribution is 2.37. The van der Waals surface area contributed by atoms with Crippen molar-refractivity contribution in [2.45, 2.75) is 31.7 Å². The lowest BCUT2D eigenvalue weighted by Crippen LogP contribution is -2.57. The number of aliphatic imine (C=N–C) groups is 1. The van der Waals surface area contributed by atoms with E-state index >= 15 is 0 Å². The van der Waals surface area contributed by atoms with Gasteiger partial charge >= 0.3 is 0 Å². The predicted octanol–water partition coefficient (Wildman–Crippen LogP) is 2.72. The van der Waals surface area contributed by atoms with Crippen LogP contribution >= 0.6 is 11.6 Å². The molecule has 2 aliphatic heterocycles. The summed E-state index contributed by atoms with van der Waals surface area (Å²) < 4.78 is 0. The highest BCUT2D eigenvalue weighted by molar-refractivity contribution is 6.30. The summed E-state index contributed by atoms with van der Waals surface area (Å²) in [6, 6.07) is 7.91. The summed E-state index contributed by atoms with van der Waals surface area (Å²) in [6.07, 6.45) is 3.44. The van der Waals surface area contributed by atoms with Gasteiger partial charge in [-0.1, -0.05) is 18.5 Å². The zero-order valence-electron chi connectivity index (χ0n) is 12.6. The van der Waals surface area contributed by atoms with Gasteiger partial charge in [0.15, 0.2) is 5.96 Å². The molecular formula is C16H23ClN4. The van der Waals surface area contributed by atoms with Crippen LogP contribution in [0, 0.1) is 0 Å². The van der Waals surface area contributed by atoms with Gasteiger partial charge in [0.05, 0.1) is 12.1 Å². The Hall–Kier alpha value is -1.26. The van der Waals surface area contributed by atoms with Crippen LogP contribution in [0.2, 0.25) is 5.02 Å². The second-order valence-corrected chi connectivity index (χ2v) is 6.49. The zero-order valence-corrected chi connectivity index (χ0v) is 13.3. The molecule has 1 aromatic rings. The van der Waals surface area contributed by atoms with E-state index in [2.05, 4.69) is 21.7 Å². The van der Waals surface area contributed by atoms with Crippen molar-refractivity contribution >= 4 is 23.2 Å². The zero-order chi connectivity index (χ0) is 14.9. The third-order valence-electron chi connectivity index (χ3n) is 4.65. The monoisotopic (exact) mass is 306 g/mol. The number of hydrogen-bond acceptors (Lipinski definition) is 4. The van der Waals surface area contributed by atoms with E-state index < -0.39 is 0 Å². The number of guanidine groups is 1. The highest BCUT2D eigenvalue weighted by atomic mass is 35.5. The maximum absolute atomic E-state index is 6.18. The van der Waals surface area contributed by atoms with Crippen molar-refractivity contribution < 1.29 is 0 Å². The molecule has 1 spiro atoms. The number of hydrogen-bond donors (Lipinski definition) is 1. The molecule has 2 N–H and O–H groups in total. The van der Waals surface area contributed by atoms with E-state index in [0.717, 1.165) is 43.2 Å². The minimum Gasteiger partial charge on any atom is -0.369 e. The number of anilines is 1. The number of nitrogens with two attached hydrogens (primary N) is 1. The fourth-order valence-corrected chi connectivity index (χ4v) is 3.63. The SMILES string of the molecule is CCCN1CCC2(CC1)CN=C(N)N2c1ccc(Cl)cc1. The van der Waals surface area contributed by atoms with Crippen LogP contribution in [0.5, 0.6) is 0 Å². The summed E-state index contributed by atoms with van der Waals surface area (Å²) in [4.78, 5) is 9.30. The molecule has 4 nitrogen and oxygen atoms in total. The van der Waals surface area contributed by atoms with Gasteiger partial charge in [-0.15, -0.1) is 0 Å². The van der Waals surface area contributed by atoms with Crippen LogP contribution in [0.1, 0.15) is 26.2 Å². The Kier molecular flexibility index (Phi) is 4.09. The van der Waals surface area contributed by atoms with Gasteiger partial charge in [-0.3, -0.25) is 4.99 Å². The summed E-state index contributed by atoms with van der Waals surface area (Å²) >= 11 is 6.00. The maximum atomic E-state index is 6.18. The predicted molar refractivity (Wildman–Crippen MR) is 89.1 cm³/mol. The molecule has 0 radical (unpaired) electrons. The number of nitrogens with zero attached hydrogens (tertiary/aromatic N) is 3. The van der Waals surface area contributed by atoms with Crippen LogP contribution in [0.15, 0.2) is 29.3 Å². The molecule has 0 atom stereocenters. The van der Waals surface area contributed by atoms with Gasteiger partial charge in [0.2, 0.25) is 0 Å². The Morgan fingerprint density at radius 1 is 1.24 bits per heavy atom. The molecule has 2 aliphatic rings. The van der Waals surface area contributed by atoms with Crippen LogP contribution in [0.25, 0.3) is 0 Å². The summed E-state index contributed by atoms with van der Waals surface area (Å²) in [5, 5.41) is 0.750.